The van der Waals surface area contributed by atoms with Gasteiger partial charge < -0.3 is 24.2 Å². The second-order valence-corrected chi connectivity index (χ2v) is 12.5. The fraction of sp³-hybridized carbons (Fsp3) is 0.448. The van der Waals surface area contributed by atoms with E-state index in [9.17, 15) is 14.7 Å². The molecule has 2 aliphatic carbocycles. The lowest BCUT2D eigenvalue weighted by Crippen LogP contribution is -2.53. The van der Waals surface area contributed by atoms with Crippen LogP contribution in [-0.4, -0.2) is 64.1 Å². The number of carboxylic acids is 1. The SMILES string of the molecule is COc1ccc2c(c1OCC1=CN=CC=I1)C[C@@H](C(=O)O)N(C(=O)[C@@H](OC1CCCC1)C1=CCCC=C1)C2. The minimum absolute atomic E-state index is 0.0169. The summed E-state index contributed by atoms with van der Waals surface area (Å²) < 4.78 is 21.4. The van der Waals surface area contributed by atoms with Crippen LogP contribution in [0.2, 0.25) is 0 Å². The monoisotopic (exact) mass is 632 g/mol. The van der Waals surface area contributed by atoms with Crippen molar-refractivity contribution in [2.24, 2.45) is 4.99 Å². The first-order valence-electron chi connectivity index (χ1n) is 13.1. The maximum absolute atomic E-state index is 14.0. The van der Waals surface area contributed by atoms with E-state index in [1.54, 1.807) is 13.3 Å². The number of nitrogens with zero attached hydrogens (tertiary/aromatic N) is 2. The highest BCUT2D eigenvalue weighted by Crippen LogP contribution is 2.40. The topological polar surface area (TPSA) is 97.7 Å². The van der Waals surface area contributed by atoms with Crippen LogP contribution in [0.4, 0.5) is 0 Å². The van der Waals surface area contributed by atoms with E-state index < -0.39 is 18.1 Å². The molecule has 1 saturated carbocycles. The summed E-state index contributed by atoms with van der Waals surface area (Å²) in [5, 5.41) is 10.3. The van der Waals surface area contributed by atoms with Gasteiger partial charge in [-0.05, 0) is 46.9 Å². The van der Waals surface area contributed by atoms with Crippen molar-refractivity contribution in [1.82, 2.24) is 4.90 Å². The minimum atomic E-state index is -1.05. The van der Waals surface area contributed by atoms with Gasteiger partial charge >= 0.3 is 5.97 Å². The number of methoxy groups -OCH3 is 1. The Kier molecular flexibility index (Phi) is 8.73. The number of hydrogen-bond donors (Lipinski definition) is 1. The highest BCUT2D eigenvalue weighted by atomic mass is 127. The summed E-state index contributed by atoms with van der Waals surface area (Å²) in [6.07, 6.45) is 14.8. The molecule has 1 amide bonds. The Balaban J connectivity index is 1.44. The van der Waals surface area contributed by atoms with E-state index in [2.05, 4.69) is 15.1 Å². The predicted octanol–water partition coefficient (Wildman–Crippen LogP) is 4.71. The zero-order valence-corrected chi connectivity index (χ0v) is 23.6. The third kappa shape index (κ3) is 5.93. The van der Waals surface area contributed by atoms with Gasteiger partial charge in [0.05, 0.1) is 13.2 Å². The Labute approximate surface area is 232 Å². The van der Waals surface area contributed by atoms with Gasteiger partial charge in [0.15, 0.2) is 17.6 Å². The Bertz CT molecular complexity index is 1230. The molecule has 0 bridgehead atoms. The zero-order chi connectivity index (χ0) is 26.5. The van der Waals surface area contributed by atoms with Gasteiger partial charge in [0.25, 0.3) is 5.91 Å². The Morgan fingerprint density at radius 3 is 2.76 bits per heavy atom. The van der Waals surface area contributed by atoms with Gasteiger partial charge in [-0.15, -0.1) is 0 Å². The molecule has 9 heteroatoms. The molecule has 5 rings (SSSR count). The fourth-order valence-electron chi connectivity index (χ4n) is 5.37. The van der Waals surface area contributed by atoms with E-state index in [1.807, 2.05) is 30.5 Å². The molecule has 4 aliphatic rings. The summed E-state index contributed by atoms with van der Waals surface area (Å²) in [5.41, 5.74) is 2.45. The standard InChI is InChI=1S/C29H33IN2O6/c1-36-25-12-11-20-17-32(28(33)26(19-7-3-2-4-8-19)38-22-9-5-6-10-22)24(29(34)35)15-23(20)27(25)37-18-21-16-31-14-13-30-21/h3,7-8,11-14,16,22,24,26H,2,4-6,9-10,15,17-18H2,1H3,(H,34,35)/t24-,26-/m0/s1. The third-order valence-corrected chi connectivity index (χ3v) is 9.39. The molecular formula is C29H33IN2O6. The first kappa shape index (κ1) is 26.8. The van der Waals surface area contributed by atoms with Crippen LogP contribution in [0.3, 0.4) is 0 Å². The molecule has 1 aromatic rings. The van der Waals surface area contributed by atoms with Gasteiger partial charge in [0.1, 0.15) is 12.6 Å². The molecular weight excluding hydrogens is 599 g/mol. The van der Waals surface area contributed by atoms with Crippen LogP contribution >= 0.6 is 20.7 Å². The summed E-state index contributed by atoms with van der Waals surface area (Å²) in [4.78, 5) is 32.2. The smallest absolute Gasteiger partial charge is 0.326 e. The van der Waals surface area contributed by atoms with Gasteiger partial charge in [-0.2, -0.15) is 0 Å². The molecule has 1 aromatic carbocycles. The van der Waals surface area contributed by atoms with Crippen LogP contribution in [0.5, 0.6) is 11.5 Å². The Morgan fingerprint density at radius 1 is 1.24 bits per heavy atom. The number of carbonyl (C=O) groups is 2. The largest absolute Gasteiger partial charge is 0.493 e. The Hall–Kier alpha value is -2.79. The quantitative estimate of drug-likeness (QED) is 0.396. The number of rotatable bonds is 9. The average molecular weight is 632 g/mol. The molecule has 0 unspecified atom stereocenters. The summed E-state index contributed by atoms with van der Waals surface area (Å²) >= 11 is -0.284. The van der Waals surface area contributed by atoms with Gasteiger partial charge in [-0.3, -0.25) is 9.79 Å². The number of allylic oxidation sites excluding steroid dienone is 2. The van der Waals surface area contributed by atoms with Crippen LogP contribution in [0, 0.1) is 0 Å². The molecule has 2 heterocycles. The van der Waals surface area contributed by atoms with Gasteiger partial charge in [0, 0.05) is 34.5 Å². The zero-order valence-electron chi connectivity index (χ0n) is 21.5. The van der Waals surface area contributed by atoms with Crippen molar-refractivity contribution in [1.29, 1.82) is 0 Å². The van der Waals surface area contributed by atoms with Crippen LogP contribution < -0.4 is 9.47 Å². The van der Waals surface area contributed by atoms with E-state index in [1.165, 1.54) is 4.90 Å². The van der Waals surface area contributed by atoms with E-state index in [4.69, 9.17) is 14.2 Å². The fourth-order valence-corrected chi connectivity index (χ4v) is 6.83. The number of fused-ring (bicyclic) bond motifs is 1. The number of ether oxygens (including phenoxy) is 3. The minimum Gasteiger partial charge on any atom is -0.493 e. The number of hydrogen-bond acceptors (Lipinski definition) is 6. The van der Waals surface area contributed by atoms with Crippen molar-refractivity contribution in [2.45, 2.75) is 69.7 Å². The lowest BCUT2D eigenvalue weighted by atomic mass is 9.91. The molecule has 8 nitrogen and oxygen atoms in total. The maximum Gasteiger partial charge on any atom is 0.326 e. The highest BCUT2D eigenvalue weighted by molar-refractivity contribution is 14.2. The summed E-state index contributed by atoms with van der Waals surface area (Å²) in [5.74, 6) is -0.249. The number of amides is 1. The number of carboxylic acid groups (broad SMARTS) is 1. The van der Waals surface area contributed by atoms with Crippen molar-refractivity contribution in [2.75, 3.05) is 13.7 Å². The van der Waals surface area contributed by atoms with Gasteiger partial charge in [-0.25, -0.2) is 4.79 Å². The predicted molar refractivity (Wildman–Crippen MR) is 154 cm³/mol. The number of aliphatic imine (C=N–C) groups is 1. The van der Waals surface area contributed by atoms with E-state index in [-0.39, 0.29) is 45.7 Å². The number of carbonyl (C=O) groups excluding carboxylic acids is 1. The molecule has 2 atom stereocenters. The van der Waals surface area contributed by atoms with Crippen molar-refractivity contribution >= 4 is 42.8 Å². The molecule has 0 radical (unpaired) electrons. The Morgan fingerprint density at radius 2 is 2.08 bits per heavy atom. The van der Waals surface area contributed by atoms with Gasteiger partial charge in [-0.1, -0.05) is 57.9 Å². The second-order valence-electron chi connectivity index (χ2n) is 9.76. The molecule has 0 spiro atoms. The van der Waals surface area contributed by atoms with Crippen LogP contribution in [0.15, 0.2) is 50.7 Å². The van der Waals surface area contributed by atoms with E-state index >= 15 is 0 Å². The van der Waals surface area contributed by atoms with Gasteiger partial charge in [0.2, 0.25) is 0 Å². The lowest BCUT2D eigenvalue weighted by molar-refractivity contribution is -0.157. The van der Waals surface area contributed by atoms with Crippen LogP contribution in [0.25, 0.3) is 0 Å². The van der Waals surface area contributed by atoms with E-state index in [0.717, 1.165) is 58.8 Å². The molecule has 0 saturated heterocycles. The highest BCUT2D eigenvalue weighted by Gasteiger charge is 2.41. The first-order chi connectivity index (χ1) is 18.5. The van der Waals surface area contributed by atoms with Crippen molar-refractivity contribution in [3.63, 3.8) is 0 Å². The van der Waals surface area contributed by atoms with E-state index in [0.29, 0.717) is 18.1 Å². The summed E-state index contributed by atoms with van der Waals surface area (Å²) in [6.45, 7) is 0.535. The average Bonchev–Trinajstić information content (AvgIpc) is 3.48. The second kappa shape index (κ2) is 12.4. The maximum atomic E-state index is 14.0. The number of benzene rings is 1. The molecule has 2 aliphatic heterocycles. The molecule has 1 fully saturated rings. The van der Waals surface area contributed by atoms with Crippen molar-refractivity contribution < 1.29 is 28.9 Å². The molecule has 1 N–H and O–H groups in total. The van der Waals surface area contributed by atoms with Crippen LogP contribution in [0.1, 0.15) is 49.7 Å². The number of halogens is 1. The molecule has 0 aromatic heterocycles. The van der Waals surface area contributed by atoms with Crippen molar-refractivity contribution in [3.8, 4) is 11.5 Å². The number of aliphatic carboxylic acids is 1. The molecule has 38 heavy (non-hydrogen) atoms. The van der Waals surface area contributed by atoms with Crippen LogP contribution in [-0.2, 0) is 27.3 Å². The molecule has 202 valence electrons. The normalized spacial score (nSPS) is 21.7. The first-order valence-corrected chi connectivity index (χ1v) is 15.4. The third-order valence-electron chi connectivity index (χ3n) is 7.32. The summed E-state index contributed by atoms with van der Waals surface area (Å²) in [6, 6.07) is 2.69. The lowest BCUT2D eigenvalue weighted by Gasteiger charge is -2.38. The van der Waals surface area contributed by atoms with Crippen molar-refractivity contribution in [3.05, 3.63) is 56.8 Å². The summed E-state index contributed by atoms with van der Waals surface area (Å²) in [7, 11) is 1.57.